The van der Waals surface area contributed by atoms with Crippen LogP contribution in [-0.4, -0.2) is 73.7 Å². The second-order valence-electron chi connectivity index (χ2n) is 8.18. The number of anilines is 1. The predicted octanol–water partition coefficient (Wildman–Crippen LogP) is 2.83. The van der Waals surface area contributed by atoms with E-state index in [-0.39, 0.29) is 30.9 Å². The fourth-order valence-corrected chi connectivity index (χ4v) is 7.03. The maximum Gasteiger partial charge on any atom is 0.321 e. The Bertz CT molecular complexity index is 1060. The fourth-order valence-electron chi connectivity index (χ4n) is 4.17. The van der Waals surface area contributed by atoms with Crippen LogP contribution >= 0.6 is 11.3 Å². The van der Waals surface area contributed by atoms with Gasteiger partial charge in [0.15, 0.2) is 0 Å². The van der Waals surface area contributed by atoms with Crippen LogP contribution in [0, 0.1) is 12.8 Å². The van der Waals surface area contributed by atoms with Gasteiger partial charge in [0.2, 0.25) is 5.91 Å². The van der Waals surface area contributed by atoms with Gasteiger partial charge >= 0.3 is 6.03 Å². The summed E-state index contributed by atoms with van der Waals surface area (Å²) < 4.78 is 27.5. The smallest absolute Gasteiger partial charge is 0.321 e. The number of urea groups is 1. The zero-order chi connectivity index (χ0) is 22.7. The van der Waals surface area contributed by atoms with E-state index in [0.29, 0.717) is 30.4 Å². The third kappa shape index (κ3) is 4.97. The van der Waals surface area contributed by atoms with Gasteiger partial charge in [-0.15, -0.1) is 11.3 Å². The van der Waals surface area contributed by atoms with Gasteiger partial charge in [-0.2, -0.15) is 4.31 Å². The Hall–Kier alpha value is -2.43. The summed E-state index contributed by atoms with van der Waals surface area (Å²) in [5.74, 6) is -0.250. The van der Waals surface area contributed by atoms with E-state index in [4.69, 9.17) is 0 Å². The van der Waals surface area contributed by atoms with Crippen LogP contribution in [0.4, 0.5) is 10.5 Å². The number of hydrogen-bond donors (Lipinski definition) is 1. The molecule has 0 radical (unpaired) electrons. The SMILES string of the molecule is Cc1ccc(S(=O)(=O)N2CCN(C(=O)C3CCCN(C(=O)Nc4ccccc4)C3)CC2)s1. The summed E-state index contributed by atoms with van der Waals surface area (Å²) in [6.07, 6.45) is 1.51. The summed E-state index contributed by atoms with van der Waals surface area (Å²) in [6, 6.07) is 12.5. The Kier molecular flexibility index (Phi) is 6.82. The van der Waals surface area contributed by atoms with Gasteiger partial charge in [-0.05, 0) is 44.0 Å². The van der Waals surface area contributed by atoms with Crippen LogP contribution in [0.5, 0.6) is 0 Å². The highest BCUT2D eigenvalue weighted by molar-refractivity contribution is 7.91. The third-order valence-corrected chi connectivity index (χ3v) is 9.31. The minimum atomic E-state index is -3.51. The van der Waals surface area contributed by atoms with Gasteiger partial charge < -0.3 is 15.1 Å². The van der Waals surface area contributed by atoms with Crippen LogP contribution in [0.25, 0.3) is 0 Å². The number of piperidine rings is 1. The van der Waals surface area contributed by atoms with Crippen LogP contribution in [0.15, 0.2) is 46.7 Å². The molecule has 1 aromatic carbocycles. The van der Waals surface area contributed by atoms with E-state index in [9.17, 15) is 18.0 Å². The average Bonchev–Trinajstić information content (AvgIpc) is 3.26. The number of benzene rings is 1. The molecule has 2 saturated heterocycles. The number of carbonyl (C=O) groups excluding carboxylic acids is 2. The first kappa shape index (κ1) is 22.8. The summed E-state index contributed by atoms with van der Waals surface area (Å²) in [5, 5.41) is 2.88. The lowest BCUT2D eigenvalue weighted by atomic mass is 9.96. The quantitative estimate of drug-likeness (QED) is 0.735. The molecule has 1 aromatic heterocycles. The Balaban J connectivity index is 1.32. The van der Waals surface area contributed by atoms with Crippen LogP contribution in [0.3, 0.4) is 0 Å². The monoisotopic (exact) mass is 476 g/mol. The predicted molar refractivity (Wildman–Crippen MR) is 124 cm³/mol. The van der Waals surface area contributed by atoms with Crippen molar-refractivity contribution in [2.75, 3.05) is 44.6 Å². The second-order valence-corrected chi connectivity index (χ2v) is 11.6. The molecule has 2 aromatic rings. The molecule has 0 bridgehead atoms. The van der Waals surface area contributed by atoms with Crippen molar-refractivity contribution in [2.24, 2.45) is 5.92 Å². The molecular formula is C22H28N4O4S2. The molecule has 2 aliphatic rings. The van der Waals surface area contributed by atoms with Crippen molar-refractivity contribution in [1.82, 2.24) is 14.1 Å². The van der Waals surface area contributed by atoms with Crippen LogP contribution in [0.2, 0.25) is 0 Å². The number of likely N-dealkylation sites (tertiary alicyclic amines) is 1. The number of hydrogen-bond acceptors (Lipinski definition) is 5. The highest BCUT2D eigenvalue weighted by Gasteiger charge is 2.35. The molecule has 3 heterocycles. The summed E-state index contributed by atoms with van der Waals surface area (Å²) in [6.45, 7) is 4.20. The number of para-hydroxylation sites is 1. The molecule has 8 nitrogen and oxygen atoms in total. The number of nitrogens with one attached hydrogen (secondary N) is 1. The normalized spacial score (nSPS) is 20.2. The third-order valence-electron chi connectivity index (χ3n) is 5.94. The number of nitrogens with zero attached hydrogens (tertiary/aromatic N) is 3. The van der Waals surface area contributed by atoms with Gasteiger partial charge in [0, 0.05) is 49.8 Å². The van der Waals surface area contributed by atoms with E-state index in [2.05, 4.69) is 5.32 Å². The molecule has 32 heavy (non-hydrogen) atoms. The molecule has 0 aliphatic carbocycles. The lowest BCUT2D eigenvalue weighted by molar-refractivity contribution is -0.138. The number of piperazine rings is 1. The van der Waals surface area contributed by atoms with Gasteiger partial charge in [0.1, 0.15) is 4.21 Å². The molecule has 4 rings (SSSR count). The lowest BCUT2D eigenvalue weighted by Crippen LogP contribution is -2.54. The van der Waals surface area contributed by atoms with Gasteiger partial charge in [0.05, 0.1) is 5.92 Å². The molecule has 0 saturated carbocycles. The van der Waals surface area contributed by atoms with Gasteiger partial charge in [-0.1, -0.05) is 18.2 Å². The van der Waals surface area contributed by atoms with Crippen LogP contribution < -0.4 is 5.32 Å². The topological polar surface area (TPSA) is 90.0 Å². The highest BCUT2D eigenvalue weighted by Crippen LogP contribution is 2.26. The number of thiophene rings is 1. The number of carbonyl (C=O) groups is 2. The highest BCUT2D eigenvalue weighted by atomic mass is 32.2. The van der Waals surface area contributed by atoms with E-state index >= 15 is 0 Å². The van der Waals surface area contributed by atoms with E-state index in [0.717, 1.165) is 23.4 Å². The van der Waals surface area contributed by atoms with Gasteiger partial charge in [-0.3, -0.25) is 4.79 Å². The standard InChI is InChI=1S/C22H28N4O4S2/c1-17-9-10-20(31-17)32(29,30)26-14-12-24(13-15-26)21(27)18-6-5-11-25(16-18)22(28)23-19-7-3-2-4-8-19/h2-4,7-10,18H,5-6,11-16H2,1H3,(H,23,28). The first-order valence-electron chi connectivity index (χ1n) is 10.8. The van der Waals surface area contributed by atoms with E-state index in [1.807, 2.05) is 37.3 Å². The molecule has 2 fully saturated rings. The number of sulfonamides is 1. The maximum atomic E-state index is 13.1. The minimum absolute atomic E-state index is 0.00577. The maximum absolute atomic E-state index is 13.1. The molecule has 2 aliphatic heterocycles. The van der Waals surface area contributed by atoms with Gasteiger partial charge in [0.25, 0.3) is 10.0 Å². The minimum Gasteiger partial charge on any atom is -0.340 e. The molecule has 10 heteroatoms. The second kappa shape index (κ2) is 9.60. The van der Waals surface area contributed by atoms with Crippen LogP contribution in [0.1, 0.15) is 17.7 Å². The summed E-state index contributed by atoms with van der Waals surface area (Å²) >= 11 is 1.27. The summed E-state index contributed by atoms with van der Waals surface area (Å²) in [7, 11) is -3.51. The van der Waals surface area contributed by atoms with E-state index in [1.54, 1.807) is 21.9 Å². The molecular weight excluding hydrogens is 448 g/mol. The largest absolute Gasteiger partial charge is 0.340 e. The Labute approximate surface area is 192 Å². The zero-order valence-electron chi connectivity index (χ0n) is 18.1. The first-order valence-corrected chi connectivity index (χ1v) is 13.1. The van der Waals surface area contributed by atoms with Crippen molar-refractivity contribution >= 4 is 39.0 Å². The number of amides is 3. The average molecular weight is 477 g/mol. The summed E-state index contributed by atoms with van der Waals surface area (Å²) in [5.41, 5.74) is 0.726. The van der Waals surface area contributed by atoms with Crippen molar-refractivity contribution in [1.29, 1.82) is 0 Å². The van der Waals surface area contributed by atoms with Crippen molar-refractivity contribution < 1.29 is 18.0 Å². The molecule has 1 N–H and O–H groups in total. The Morgan fingerprint density at radius 1 is 0.969 bits per heavy atom. The van der Waals surface area contributed by atoms with Crippen molar-refractivity contribution in [3.63, 3.8) is 0 Å². The molecule has 0 spiro atoms. The molecule has 1 unspecified atom stereocenters. The van der Waals surface area contributed by atoms with Crippen molar-refractivity contribution in [3.05, 3.63) is 47.3 Å². The molecule has 1 atom stereocenters. The Morgan fingerprint density at radius 3 is 2.34 bits per heavy atom. The fraction of sp³-hybridized carbons (Fsp3) is 0.455. The number of rotatable bonds is 4. The van der Waals surface area contributed by atoms with Crippen LogP contribution in [-0.2, 0) is 14.8 Å². The van der Waals surface area contributed by atoms with E-state index < -0.39 is 10.0 Å². The van der Waals surface area contributed by atoms with Crippen molar-refractivity contribution in [2.45, 2.75) is 24.0 Å². The zero-order valence-corrected chi connectivity index (χ0v) is 19.7. The first-order chi connectivity index (χ1) is 15.3. The number of aryl methyl sites for hydroxylation is 1. The Morgan fingerprint density at radius 2 is 1.69 bits per heavy atom. The van der Waals surface area contributed by atoms with Gasteiger partial charge in [-0.25, -0.2) is 13.2 Å². The van der Waals surface area contributed by atoms with E-state index in [1.165, 1.54) is 15.6 Å². The van der Waals surface area contributed by atoms with Crippen molar-refractivity contribution in [3.8, 4) is 0 Å². The molecule has 3 amide bonds. The molecule has 172 valence electrons. The lowest BCUT2D eigenvalue weighted by Gasteiger charge is -2.38. The summed E-state index contributed by atoms with van der Waals surface area (Å²) in [4.78, 5) is 30.1.